The first-order valence-electron chi connectivity index (χ1n) is 5.94. The molecule has 1 aromatic rings. The molecule has 0 bridgehead atoms. The molecule has 1 unspecified atom stereocenters. The summed E-state index contributed by atoms with van der Waals surface area (Å²) in [6.07, 6.45) is 1.63. The van der Waals surface area contributed by atoms with E-state index >= 15 is 0 Å². The fourth-order valence-corrected chi connectivity index (χ4v) is 3.35. The fourth-order valence-electron chi connectivity index (χ4n) is 2.03. The van der Waals surface area contributed by atoms with Crippen LogP contribution in [0.25, 0.3) is 0 Å². The molecule has 106 valence electrons. The number of hydrogen-bond acceptors (Lipinski definition) is 6. The number of carbonyl (C=O) groups excluding carboxylic acids is 1. The number of carbonyl (C=O) groups is 1. The topological polar surface area (TPSA) is 93.4 Å². The Balaban J connectivity index is 2.06. The number of aryl methyl sites for hydroxylation is 1. The van der Waals surface area contributed by atoms with Crippen molar-refractivity contribution in [1.29, 1.82) is 0 Å². The third kappa shape index (κ3) is 3.66. The predicted octanol–water partition coefficient (Wildman–Crippen LogP) is 0.944. The molecule has 2 heterocycles. The van der Waals surface area contributed by atoms with E-state index in [1.807, 2.05) is 6.92 Å². The van der Waals surface area contributed by atoms with E-state index in [0.717, 1.165) is 6.42 Å². The molecule has 1 saturated heterocycles. The SMILES string of the molecule is CCCc1nnc(N2CC(CS(=O)(=O)Cl)CC2=O)o1. The maximum atomic E-state index is 11.8. The molecule has 0 aromatic carbocycles. The first kappa shape index (κ1) is 14.3. The lowest BCUT2D eigenvalue weighted by atomic mass is 10.1. The number of amides is 1. The fraction of sp³-hybridized carbons (Fsp3) is 0.700. The van der Waals surface area contributed by atoms with Gasteiger partial charge in [-0.25, -0.2) is 8.42 Å². The molecule has 19 heavy (non-hydrogen) atoms. The quantitative estimate of drug-likeness (QED) is 0.752. The zero-order valence-corrected chi connectivity index (χ0v) is 11.9. The van der Waals surface area contributed by atoms with Gasteiger partial charge in [-0.15, -0.1) is 5.10 Å². The Labute approximate surface area is 115 Å². The summed E-state index contributed by atoms with van der Waals surface area (Å²) in [6, 6.07) is 0.128. The maximum Gasteiger partial charge on any atom is 0.325 e. The average molecular weight is 308 g/mol. The Morgan fingerprint density at radius 1 is 1.47 bits per heavy atom. The van der Waals surface area contributed by atoms with Crippen LogP contribution in [0.4, 0.5) is 6.01 Å². The number of anilines is 1. The molecule has 0 N–H and O–H groups in total. The summed E-state index contributed by atoms with van der Waals surface area (Å²) >= 11 is 0. The molecule has 1 amide bonds. The number of halogens is 1. The highest BCUT2D eigenvalue weighted by Gasteiger charge is 2.35. The van der Waals surface area contributed by atoms with Crippen LogP contribution in [0.2, 0.25) is 0 Å². The molecule has 7 nitrogen and oxygen atoms in total. The molecule has 1 aliphatic heterocycles. The lowest BCUT2D eigenvalue weighted by molar-refractivity contribution is -0.117. The Hall–Kier alpha value is -1.15. The Morgan fingerprint density at radius 3 is 2.84 bits per heavy atom. The molecule has 0 aliphatic carbocycles. The van der Waals surface area contributed by atoms with Crippen molar-refractivity contribution in [3.05, 3.63) is 5.89 Å². The van der Waals surface area contributed by atoms with Crippen molar-refractivity contribution in [3.8, 4) is 0 Å². The van der Waals surface area contributed by atoms with E-state index in [-0.39, 0.29) is 36.6 Å². The maximum absolute atomic E-state index is 11.8. The van der Waals surface area contributed by atoms with Crippen LogP contribution in [0.1, 0.15) is 25.7 Å². The molecular formula is C10H14ClN3O4S. The van der Waals surface area contributed by atoms with Crippen molar-refractivity contribution in [2.45, 2.75) is 26.2 Å². The van der Waals surface area contributed by atoms with Crippen LogP contribution < -0.4 is 4.90 Å². The number of rotatable bonds is 5. The van der Waals surface area contributed by atoms with Crippen molar-refractivity contribution in [3.63, 3.8) is 0 Å². The van der Waals surface area contributed by atoms with Gasteiger partial charge in [0.25, 0.3) is 0 Å². The first-order valence-corrected chi connectivity index (χ1v) is 8.42. The Morgan fingerprint density at radius 2 is 2.21 bits per heavy atom. The van der Waals surface area contributed by atoms with Gasteiger partial charge in [0.05, 0.1) is 5.75 Å². The summed E-state index contributed by atoms with van der Waals surface area (Å²) in [5.74, 6) is -0.320. The van der Waals surface area contributed by atoms with Crippen molar-refractivity contribution >= 4 is 31.7 Å². The van der Waals surface area contributed by atoms with Gasteiger partial charge >= 0.3 is 6.01 Å². The highest BCUT2D eigenvalue weighted by molar-refractivity contribution is 8.13. The minimum Gasteiger partial charge on any atom is -0.408 e. The van der Waals surface area contributed by atoms with Crippen LogP contribution in [-0.2, 0) is 20.3 Å². The second-order valence-electron chi connectivity index (χ2n) is 4.51. The van der Waals surface area contributed by atoms with Crippen molar-refractivity contribution in [2.75, 3.05) is 17.2 Å². The molecule has 9 heteroatoms. The largest absolute Gasteiger partial charge is 0.408 e. The second kappa shape index (κ2) is 5.46. The van der Waals surface area contributed by atoms with Gasteiger partial charge in [-0.3, -0.25) is 9.69 Å². The number of aromatic nitrogens is 2. The van der Waals surface area contributed by atoms with E-state index in [2.05, 4.69) is 10.2 Å². The zero-order valence-electron chi connectivity index (χ0n) is 10.4. The van der Waals surface area contributed by atoms with Gasteiger partial charge in [-0.2, -0.15) is 0 Å². The molecule has 0 radical (unpaired) electrons. The van der Waals surface area contributed by atoms with Crippen LogP contribution in [0.15, 0.2) is 4.42 Å². The molecular weight excluding hydrogens is 294 g/mol. The van der Waals surface area contributed by atoms with Gasteiger partial charge in [0.1, 0.15) is 0 Å². The summed E-state index contributed by atoms with van der Waals surface area (Å²) in [5.41, 5.74) is 0. The summed E-state index contributed by atoms with van der Waals surface area (Å²) < 4.78 is 27.4. The summed E-state index contributed by atoms with van der Waals surface area (Å²) in [4.78, 5) is 13.1. The summed E-state index contributed by atoms with van der Waals surface area (Å²) in [6.45, 7) is 2.21. The average Bonchev–Trinajstić information content (AvgIpc) is 2.84. The van der Waals surface area contributed by atoms with Crippen LogP contribution >= 0.6 is 10.7 Å². The van der Waals surface area contributed by atoms with E-state index in [1.54, 1.807) is 0 Å². The number of nitrogens with zero attached hydrogens (tertiary/aromatic N) is 3. The second-order valence-corrected chi connectivity index (χ2v) is 7.33. The standard InChI is InChI=1S/C10H14ClN3O4S/c1-2-3-8-12-13-10(18-8)14-5-7(4-9(14)15)6-19(11,16)17/h7H,2-6H2,1H3. The molecule has 2 rings (SSSR count). The van der Waals surface area contributed by atoms with Crippen LogP contribution in [0.3, 0.4) is 0 Å². The molecule has 0 saturated carbocycles. The van der Waals surface area contributed by atoms with E-state index in [9.17, 15) is 13.2 Å². The Kier molecular flexibility index (Phi) is 4.10. The van der Waals surface area contributed by atoms with Gasteiger partial charge in [0.2, 0.25) is 20.8 Å². The smallest absolute Gasteiger partial charge is 0.325 e. The summed E-state index contributed by atoms with van der Waals surface area (Å²) in [5, 5.41) is 7.63. The molecule has 1 aliphatic rings. The van der Waals surface area contributed by atoms with Crippen LogP contribution in [-0.4, -0.2) is 36.8 Å². The highest BCUT2D eigenvalue weighted by Crippen LogP contribution is 2.25. The van der Waals surface area contributed by atoms with Crippen molar-refractivity contribution in [2.24, 2.45) is 5.92 Å². The minimum absolute atomic E-state index is 0.122. The molecule has 1 aromatic heterocycles. The summed E-state index contributed by atoms with van der Waals surface area (Å²) in [7, 11) is 1.58. The first-order chi connectivity index (χ1) is 8.89. The van der Waals surface area contributed by atoms with Gasteiger partial charge in [0, 0.05) is 36.0 Å². The van der Waals surface area contributed by atoms with Gasteiger partial charge < -0.3 is 4.42 Å². The monoisotopic (exact) mass is 307 g/mol. The van der Waals surface area contributed by atoms with E-state index in [1.165, 1.54) is 4.90 Å². The lowest BCUT2D eigenvalue weighted by Crippen LogP contribution is -2.25. The molecule has 1 fully saturated rings. The number of hydrogen-bond donors (Lipinski definition) is 0. The van der Waals surface area contributed by atoms with Gasteiger partial charge in [0.15, 0.2) is 0 Å². The van der Waals surface area contributed by atoms with Crippen LogP contribution in [0, 0.1) is 5.92 Å². The minimum atomic E-state index is -3.61. The van der Waals surface area contributed by atoms with Crippen LogP contribution in [0.5, 0.6) is 0 Å². The van der Waals surface area contributed by atoms with E-state index < -0.39 is 9.05 Å². The third-order valence-corrected chi connectivity index (χ3v) is 4.04. The molecule has 1 atom stereocenters. The predicted molar refractivity (Wildman–Crippen MR) is 68.4 cm³/mol. The van der Waals surface area contributed by atoms with Crippen molar-refractivity contribution < 1.29 is 17.6 Å². The van der Waals surface area contributed by atoms with E-state index in [4.69, 9.17) is 15.1 Å². The molecule has 0 spiro atoms. The van der Waals surface area contributed by atoms with E-state index in [0.29, 0.717) is 12.3 Å². The lowest BCUT2D eigenvalue weighted by Gasteiger charge is -2.10. The van der Waals surface area contributed by atoms with Crippen molar-refractivity contribution in [1.82, 2.24) is 10.2 Å². The zero-order chi connectivity index (χ0) is 14.0. The highest BCUT2D eigenvalue weighted by atomic mass is 35.7. The third-order valence-electron chi connectivity index (χ3n) is 2.79. The Bertz CT molecular complexity index is 571. The van der Waals surface area contributed by atoms with Gasteiger partial charge in [-0.1, -0.05) is 12.0 Å². The normalized spacial score (nSPS) is 20.2. The van der Waals surface area contributed by atoms with Gasteiger partial charge in [-0.05, 0) is 6.42 Å².